The normalized spacial score (nSPS) is 16.9. The molecule has 3 heterocycles. The number of carbonyl (C=O) groups excluding carboxylic acids is 1. The predicted molar refractivity (Wildman–Crippen MR) is 93.1 cm³/mol. The lowest BCUT2D eigenvalue weighted by molar-refractivity contribution is 0.0930. The van der Waals surface area contributed by atoms with Crippen LogP contribution in [0.25, 0.3) is 5.65 Å². The molecule has 0 saturated heterocycles. The van der Waals surface area contributed by atoms with Crippen LogP contribution in [-0.4, -0.2) is 27.9 Å². The van der Waals surface area contributed by atoms with Crippen molar-refractivity contribution >= 4 is 11.6 Å². The van der Waals surface area contributed by atoms with E-state index in [9.17, 15) is 9.59 Å². The zero-order valence-electron chi connectivity index (χ0n) is 13.7. The molecule has 0 saturated carbocycles. The van der Waals surface area contributed by atoms with Crippen LogP contribution in [0.15, 0.2) is 59.7 Å². The van der Waals surface area contributed by atoms with E-state index in [0.717, 1.165) is 11.3 Å². The predicted octanol–water partition coefficient (Wildman–Crippen LogP) is 1.99. The van der Waals surface area contributed by atoms with Gasteiger partial charge < -0.3 is 10.1 Å². The van der Waals surface area contributed by atoms with E-state index in [-0.39, 0.29) is 23.1 Å². The average molecular weight is 335 g/mol. The van der Waals surface area contributed by atoms with Crippen LogP contribution in [0.5, 0.6) is 5.75 Å². The Hall–Kier alpha value is -3.15. The van der Waals surface area contributed by atoms with E-state index in [4.69, 9.17) is 4.74 Å². The number of pyridine rings is 1. The zero-order chi connectivity index (χ0) is 17.4. The van der Waals surface area contributed by atoms with Crippen molar-refractivity contribution in [1.29, 1.82) is 0 Å². The molecule has 1 aliphatic heterocycles. The van der Waals surface area contributed by atoms with E-state index in [1.54, 1.807) is 24.4 Å². The molecule has 0 spiro atoms. The van der Waals surface area contributed by atoms with Gasteiger partial charge in [-0.3, -0.25) is 14.0 Å². The second-order valence-electron chi connectivity index (χ2n) is 6.12. The highest BCUT2D eigenvalue weighted by Gasteiger charge is 2.30. The highest BCUT2D eigenvalue weighted by molar-refractivity contribution is 5.94. The first-order valence-electron chi connectivity index (χ1n) is 8.14. The van der Waals surface area contributed by atoms with Gasteiger partial charge in [-0.1, -0.05) is 24.3 Å². The fourth-order valence-electron chi connectivity index (χ4n) is 3.17. The molecule has 6 heteroatoms. The number of nitrogens with zero attached hydrogens (tertiary/aromatic N) is 2. The Labute approximate surface area is 144 Å². The van der Waals surface area contributed by atoms with Gasteiger partial charge >= 0.3 is 0 Å². The Morgan fingerprint density at radius 3 is 2.96 bits per heavy atom. The molecule has 3 aromatic rings. The minimum atomic E-state index is -0.423. The number of amides is 1. The summed E-state index contributed by atoms with van der Waals surface area (Å²) < 4.78 is 7.04. The Balaban J connectivity index is 1.59. The summed E-state index contributed by atoms with van der Waals surface area (Å²) in [5.74, 6) is 0.477. The fraction of sp³-hybridized carbons (Fsp3) is 0.211. The largest absolute Gasteiger partial charge is 0.493 e. The molecule has 0 radical (unpaired) electrons. The molecule has 4 rings (SSSR count). The van der Waals surface area contributed by atoms with Crippen LogP contribution in [-0.2, 0) is 0 Å². The molecule has 0 unspecified atom stereocenters. The van der Waals surface area contributed by atoms with Gasteiger partial charge in [0.2, 0.25) is 0 Å². The smallest absolute Gasteiger partial charge is 0.270 e. The van der Waals surface area contributed by atoms with E-state index in [2.05, 4.69) is 10.3 Å². The van der Waals surface area contributed by atoms with Crippen LogP contribution in [0.4, 0.5) is 0 Å². The SMILES string of the molecule is C[C@@H](NC(=O)c1cnc2ccccn2c1=O)[C@H]1COc2ccccc21. The average Bonchev–Trinajstić information content (AvgIpc) is 3.06. The maximum Gasteiger partial charge on any atom is 0.270 e. The third kappa shape index (κ3) is 2.65. The van der Waals surface area contributed by atoms with Gasteiger partial charge in [0.05, 0.1) is 6.61 Å². The molecular formula is C19H17N3O3. The van der Waals surface area contributed by atoms with Gasteiger partial charge in [0.25, 0.3) is 11.5 Å². The monoisotopic (exact) mass is 335 g/mol. The van der Waals surface area contributed by atoms with Crippen molar-refractivity contribution in [3.8, 4) is 5.75 Å². The van der Waals surface area contributed by atoms with Crippen LogP contribution in [0.2, 0.25) is 0 Å². The van der Waals surface area contributed by atoms with Crippen molar-refractivity contribution in [3.63, 3.8) is 0 Å². The highest BCUT2D eigenvalue weighted by Crippen LogP contribution is 2.35. The molecule has 1 amide bonds. The summed E-state index contributed by atoms with van der Waals surface area (Å²) in [5, 5.41) is 2.91. The Bertz CT molecular complexity index is 1010. The summed E-state index contributed by atoms with van der Waals surface area (Å²) in [4.78, 5) is 29.3. The maximum absolute atomic E-state index is 12.6. The van der Waals surface area contributed by atoms with E-state index in [1.807, 2.05) is 31.2 Å². The van der Waals surface area contributed by atoms with Gasteiger partial charge in [-0.25, -0.2) is 4.98 Å². The molecule has 2 aromatic heterocycles. The second-order valence-corrected chi connectivity index (χ2v) is 6.12. The number of ether oxygens (including phenoxy) is 1. The molecule has 0 bridgehead atoms. The van der Waals surface area contributed by atoms with Crippen molar-refractivity contribution in [2.24, 2.45) is 0 Å². The number of para-hydroxylation sites is 1. The van der Waals surface area contributed by atoms with Crippen LogP contribution in [0.1, 0.15) is 28.8 Å². The Kier molecular flexibility index (Phi) is 3.72. The molecule has 1 aromatic carbocycles. The number of carbonyl (C=O) groups is 1. The summed E-state index contributed by atoms with van der Waals surface area (Å²) in [5.41, 5.74) is 1.24. The zero-order valence-corrected chi connectivity index (χ0v) is 13.7. The van der Waals surface area contributed by atoms with Gasteiger partial charge in [-0.15, -0.1) is 0 Å². The molecule has 2 atom stereocenters. The molecular weight excluding hydrogens is 318 g/mol. The van der Waals surface area contributed by atoms with Gasteiger partial charge in [-0.05, 0) is 25.1 Å². The lowest BCUT2D eigenvalue weighted by Crippen LogP contribution is -2.40. The summed E-state index contributed by atoms with van der Waals surface area (Å²) >= 11 is 0. The van der Waals surface area contributed by atoms with Crippen molar-refractivity contribution in [2.45, 2.75) is 18.9 Å². The van der Waals surface area contributed by atoms with E-state index < -0.39 is 5.91 Å². The summed E-state index contributed by atoms with van der Waals surface area (Å²) in [7, 11) is 0. The number of hydrogen-bond acceptors (Lipinski definition) is 4. The minimum Gasteiger partial charge on any atom is -0.493 e. The number of hydrogen-bond donors (Lipinski definition) is 1. The fourth-order valence-corrected chi connectivity index (χ4v) is 3.17. The lowest BCUT2D eigenvalue weighted by Gasteiger charge is -2.19. The topological polar surface area (TPSA) is 72.7 Å². The first-order valence-corrected chi connectivity index (χ1v) is 8.14. The van der Waals surface area contributed by atoms with Crippen LogP contribution in [0, 0.1) is 0 Å². The first-order chi connectivity index (χ1) is 12.1. The van der Waals surface area contributed by atoms with E-state index in [0.29, 0.717) is 12.3 Å². The molecule has 126 valence electrons. The first kappa shape index (κ1) is 15.4. The lowest BCUT2D eigenvalue weighted by atomic mass is 9.94. The molecule has 1 N–H and O–H groups in total. The van der Waals surface area contributed by atoms with Gasteiger partial charge in [0, 0.05) is 29.9 Å². The number of nitrogens with one attached hydrogen (secondary N) is 1. The third-order valence-electron chi connectivity index (χ3n) is 4.56. The van der Waals surface area contributed by atoms with Crippen molar-refractivity contribution in [2.75, 3.05) is 6.61 Å². The van der Waals surface area contributed by atoms with E-state index >= 15 is 0 Å². The van der Waals surface area contributed by atoms with Gasteiger partial charge in [0.15, 0.2) is 0 Å². The van der Waals surface area contributed by atoms with Crippen LogP contribution in [0.3, 0.4) is 0 Å². The van der Waals surface area contributed by atoms with Crippen LogP contribution < -0.4 is 15.6 Å². The van der Waals surface area contributed by atoms with Crippen molar-refractivity contribution in [3.05, 3.63) is 76.3 Å². The summed E-state index contributed by atoms with van der Waals surface area (Å²) in [6.07, 6.45) is 2.94. The maximum atomic E-state index is 12.6. The number of aromatic nitrogens is 2. The van der Waals surface area contributed by atoms with Crippen molar-refractivity contribution in [1.82, 2.24) is 14.7 Å². The number of benzene rings is 1. The Morgan fingerprint density at radius 1 is 1.28 bits per heavy atom. The molecule has 0 fully saturated rings. The van der Waals surface area contributed by atoms with E-state index in [1.165, 1.54) is 10.6 Å². The highest BCUT2D eigenvalue weighted by atomic mass is 16.5. The third-order valence-corrected chi connectivity index (χ3v) is 4.56. The standard InChI is InChI=1S/C19H17N3O3/c1-12(15-11-25-16-7-3-2-6-13(15)16)21-18(23)14-10-20-17-8-4-5-9-22(17)19(14)24/h2-10,12,15H,11H2,1H3,(H,21,23)/t12-,15-/m1/s1. The molecule has 0 aliphatic carbocycles. The quantitative estimate of drug-likeness (QED) is 0.794. The van der Waals surface area contributed by atoms with Crippen LogP contribution >= 0.6 is 0 Å². The molecule has 25 heavy (non-hydrogen) atoms. The van der Waals surface area contributed by atoms with Gasteiger partial charge in [-0.2, -0.15) is 0 Å². The molecule has 1 aliphatic rings. The molecule has 6 nitrogen and oxygen atoms in total. The summed E-state index contributed by atoms with van der Waals surface area (Å²) in [6, 6.07) is 12.9. The number of fused-ring (bicyclic) bond motifs is 2. The Morgan fingerprint density at radius 2 is 2.08 bits per heavy atom. The second kappa shape index (κ2) is 6.05. The number of rotatable bonds is 3. The summed E-state index contributed by atoms with van der Waals surface area (Å²) in [6.45, 7) is 2.43. The van der Waals surface area contributed by atoms with Crippen molar-refractivity contribution < 1.29 is 9.53 Å². The van der Waals surface area contributed by atoms with Gasteiger partial charge in [0.1, 0.15) is 17.0 Å². The minimum absolute atomic E-state index is 0.0303.